The summed E-state index contributed by atoms with van der Waals surface area (Å²) in [5.41, 5.74) is 0. The molecule has 8 nitrogen and oxygen atoms in total. The third-order valence-electron chi connectivity index (χ3n) is 9.41. The number of quaternary nitrogens is 1. The highest BCUT2D eigenvalue weighted by molar-refractivity contribution is 7.45. The second-order valence-electron chi connectivity index (χ2n) is 15.7. The second kappa shape index (κ2) is 35.5. The van der Waals surface area contributed by atoms with E-state index in [2.05, 4.69) is 13.8 Å². The van der Waals surface area contributed by atoms with Crippen LogP contribution in [0, 0.1) is 0 Å². The summed E-state index contributed by atoms with van der Waals surface area (Å²) in [4.78, 5) is 24.6. The molecule has 0 rings (SSSR count). The average Bonchev–Trinajstić information content (AvgIpc) is 3.06. The van der Waals surface area contributed by atoms with Gasteiger partial charge in [0.2, 0.25) is 0 Å². The summed E-state index contributed by atoms with van der Waals surface area (Å²) in [6, 6.07) is 0. The van der Waals surface area contributed by atoms with Crippen LogP contribution in [0.1, 0.15) is 200 Å². The van der Waals surface area contributed by atoms with Gasteiger partial charge in [-0.3, -0.25) is 9.36 Å². The Kier molecular flexibility index (Phi) is 35.2. The zero-order chi connectivity index (χ0) is 37.0. The van der Waals surface area contributed by atoms with Crippen LogP contribution in [0.25, 0.3) is 0 Å². The fourth-order valence-corrected chi connectivity index (χ4v) is 6.81. The van der Waals surface area contributed by atoms with Gasteiger partial charge in [-0.1, -0.05) is 181 Å². The highest BCUT2D eigenvalue weighted by Crippen LogP contribution is 2.38. The lowest BCUT2D eigenvalue weighted by molar-refractivity contribution is -0.870. The molecule has 300 valence electrons. The van der Waals surface area contributed by atoms with Gasteiger partial charge in [-0.2, -0.15) is 0 Å². The predicted molar refractivity (Wildman–Crippen MR) is 208 cm³/mol. The Hall–Kier alpha value is -0.500. The van der Waals surface area contributed by atoms with Crippen molar-refractivity contribution in [1.82, 2.24) is 0 Å². The molecule has 0 saturated heterocycles. The van der Waals surface area contributed by atoms with Crippen LogP contribution in [0.4, 0.5) is 0 Å². The molecule has 0 radical (unpaired) electrons. The van der Waals surface area contributed by atoms with Crippen LogP contribution in [0.3, 0.4) is 0 Å². The quantitative estimate of drug-likeness (QED) is 0.0268. The normalized spacial score (nSPS) is 13.8. The molecule has 0 amide bonds. The molecule has 0 aromatic carbocycles. The summed E-state index contributed by atoms with van der Waals surface area (Å²) < 4.78 is 34.2. The number of ether oxygens (including phenoxy) is 2. The second-order valence-corrected chi connectivity index (χ2v) is 17.1. The van der Waals surface area contributed by atoms with Crippen LogP contribution in [0.5, 0.6) is 0 Å². The number of likely N-dealkylation sites (N-methyl/N-ethyl adjacent to an activating group) is 1. The first-order valence-corrected chi connectivity index (χ1v) is 22.7. The summed E-state index contributed by atoms with van der Waals surface area (Å²) >= 11 is 0. The zero-order valence-electron chi connectivity index (χ0n) is 33.9. The first-order valence-electron chi connectivity index (χ1n) is 21.3. The van der Waals surface area contributed by atoms with Gasteiger partial charge in [-0.25, -0.2) is 0 Å². The van der Waals surface area contributed by atoms with Crippen molar-refractivity contribution >= 4 is 13.8 Å². The lowest BCUT2D eigenvalue weighted by Gasteiger charge is -2.28. The number of nitrogens with zero attached hydrogens (tertiary/aromatic N) is 1. The van der Waals surface area contributed by atoms with E-state index in [-0.39, 0.29) is 25.8 Å². The molecule has 0 aromatic rings. The van der Waals surface area contributed by atoms with Crippen molar-refractivity contribution in [3.05, 3.63) is 0 Å². The van der Waals surface area contributed by atoms with Crippen molar-refractivity contribution < 1.29 is 37.3 Å². The van der Waals surface area contributed by atoms with Gasteiger partial charge >= 0.3 is 5.97 Å². The molecule has 0 saturated carbocycles. The zero-order valence-corrected chi connectivity index (χ0v) is 34.8. The Morgan fingerprint density at radius 1 is 0.540 bits per heavy atom. The SMILES string of the molecule is CCCCCCCCCCCCCCCCCCCCCCCCCCOCC(COP(=O)([O-])OCC[N+](C)(C)C)OC(=O)CCCCCC. The Morgan fingerprint density at radius 3 is 1.32 bits per heavy atom. The number of carbonyl (C=O) groups is 1. The van der Waals surface area contributed by atoms with Gasteiger partial charge in [0.05, 0.1) is 34.4 Å². The van der Waals surface area contributed by atoms with E-state index in [1.807, 2.05) is 21.1 Å². The average molecular weight is 734 g/mol. The molecule has 0 aliphatic carbocycles. The number of phosphoric acid groups is 1. The van der Waals surface area contributed by atoms with E-state index in [0.29, 0.717) is 24.1 Å². The van der Waals surface area contributed by atoms with E-state index in [1.54, 1.807) is 0 Å². The summed E-state index contributed by atoms with van der Waals surface area (Å²) in [5, 5.41) is 0. The van der Waals surface area contributed by atoms with Crippen molar-refractivity contribution in [2.45, 2.75) is 206 Å². The predicted octanol–water partition coefficient (Wildman–Crippen LogP) is 11.5. The highest BCUT2D eigenvalue weighted by atomic mass is 31.2. The number of unbranched alkanes of at least 4 members (excludes halogenated alkanes) is 26. The molecule has 0 aliphatic rings. The minimum absolute atomic E-state index is 0.0300. The fraction of sp³-hybridized carbons (Fsp3) is 0.976. The smallest absolute Gasteiger partial charge is 0.306 e. The van der Waals surface area contributed by atoms with Crippen molar-refractivity contribution in [3.63, 3.8) is 0 Å². The third kappa shape index (κ3) is 38.7. The molecule has 2 atom stereocenters. The summed E-state index contributed by atoms with van der Waals surface area (Å²) in [6.45, 7) is 5.33. The molecule has 0 bridgehead atoms. The molecule has 0 aromatic heterocycles. The number of carbonyl (C=O) groups excluding carboxylic acids is 1. The van der Waals surface area contributed by atoms with E-state index < -0.39 is 13.9 Å². The topological polar surface area (TPSA) is 94.1 Å². The van der Waals surface area contributed by atoms with Crippen molar-refractivity contribution in [3.8, 4) is 0 Å². The first kappa shape index (κ1) is 49.5. The van der Waals surface area contributed by atoms with Crippen molar-refractivity contribution in [1.29, 1.82) is 0 Å². The van der Waals surface area contributed by atoms with Gasteiger partial charge in [0.15, 0.2) is 0 Å². The molecule has 0 fully saturated rings. The van der Waals surface area contributed by atoms with Gasteiger partial charge < -0.3 is 27.9 Å². The Labute approximate surface area is 310 Å². The Balaban J connectivity index is 3.81. The minimum Gasteiger partial charge on any atom is -0.756 e. The van der Waals surface area contributed by atoms with E-state index >= 15 is 0 Å². The molecular weight excluding hydrogens is 649 g/mol. The molecule has 0 heterocycles. The molecular formula is C41H84NO7P. The van der Waals surface area contributed by atoms with Crippen molar-refractivity contribution in [2.75, 3.05) is 54.1 Å². The molecule has 0 N–H and O–H groups in total. The molecule has 2 unspecified atom stereocenters. The lowest BCUT2D eigenvalue weighted by atomic mass is 10.0. The number of hydrogen-bond donors (Lipinski definition) is 0. The van der Waals surface area contributed by atoms with Crippen LogP contribution in [-0.2, 0) is 27.9 Å². The van der Waals surface area contributed by atoms with Crippen molar-refractivity contribution in [2.24, 2.45) is 0 Å². The fourth-order valence-electron chi connectivity index (χ4n) is 6.08. The van der Waals surface area contributed by atoms with Crippen LogP contribution in [-0.4, -0.2) is 70.7 Å². The maximum Gasteiger partial charge on any atom is 0.306 e. The minimum atomic E-state index is -4.50. The first-order chi connectivity index (χ1) is 24.1. The van der Waals surface area contributed by atoms with Gasteiger partial charge in [0.25, 0.3) is 7.82 Å². The van der Waals surface area contributed by atoms with E-state index in [1.165, 1.54) is 141 Å². The number of hydrogen-bond acceptors (Lipinski definition) is 7. The molecule has 0 aliphatic heterocycles. The number of esters is 1. The number of phosphoric ester groups is 1. The Bertz CT molecular complexity index is 777. The van der Waals surface area contributed by atoms with E-state index in [0.717, 1.165) is 38.5 Å². The molecule has 9 heteroatoms. The highest BCUT2D eigenvalue weighted by Gasteiger charge is 2.20. The van der Waals surface area contributed by atoms with Gasteiger partial charge in [0, 0.05) is 13.0 Å². The van der Waals surface area contributed by atoms with Crippen LogP contribution in [0.2, 0.25) is 0 Å². The van der Waals surface area contributed by atoms with E-state index in [4.69, 9.17) is 18.5 Å². The van der Waals surface area contributed by atoms with Gasteiger partial charge in [-0.05, 0) is 12.8 Å². The maximum atomic E-state index is 12.4. The maximum absolute atomic E-state index is 12.4. The van der Waals surface area contributed by atoms with Crippen LogP contribution in [0.15, 0.2) is 0 Å². The van der Waals surface area contributed by atoms with Crippen LogP contribution < -0.4 is 4.89 Å². The Morgan fingerprint density at radius 2 is 0.920 bits per heavy atom. The van der Waals surface area contributed by atoms with Crippen LogP contribution >= 0.6 is 7.82 Å². The standard InChI is InChI=1S/C41H84NO7P/c1-6-8-10-12-13-14-15-16-17-18-19-20-21-22-23-24-25-26-27-28-29-30-31-33-36-46-38-40(49-41(43)34-32-11-9-7-2)39-48-50(44,45)47-37-35-42(3,4)5/h40H,6-39H2,1-5H3. The van der Waals surface area contributed by atoms with Gasteiger partial charge in [0.1, 0.15) is 19.3 Å². The largest absolute Gasteiger partial charge is 0.756 e. The summed E-state index contributed by atoms with van der Waals surface area (Å²) in [5.74, 6) is -0.347. The summed E-state index contributed by atoms with van der Waals surface area (Å²) in [6.07, 6.45) is 36.2. The van der Waals surface area contributed by atoms with E-state index in [9.17, 15) is 14.3 Å². The third-order valence-corrected chi connectivity index (χ3v) is 10.4. The molecule has 0 spiro atoms. The monoisotopic (exact) mass is 734 g/mol. The lowest BCUT2D eigenvalue weighted by Crippen LogP contribution is -2.37. The molecule has 50 heavy (non-hydrogen) atoms. The van der Waals surface area contributed by atoms with Gasteiger partial charge in [-0.15, -0.1) is 0 Å². The number of rotatable bonds is 40. The summed E-state index contributed by atoms with van der Waals surface area (Å²) in [7, 11) is 1.37.